The molecule has 3 aromatic rings. The second kappa shape index (κ2) is 5.98. The molecule has 2 nitrogen and oxygen atoms in total. The number of benzene rings is 2. The Balaban J connectivity index is 1.99. The van der Waals surface area contributed by atoms with Crippen LogP contribution < -0.4 is 11.3 Å². The van der Waals surface area contributed by atoms with Crippen molar-refractivity contribution in [1.82, 2.24) is 5.43 Å². The highest BCUT2D eigenvalue weighted by Crippen LogP contribution is 2.32. The lowest BCUT2D eigenvalue weighted by molar-refractivity contribution is 0.554. The van der Waals surface area contributed by atoms with Gasteiger partial charge in [0, 0.05) is 4.70 Å². The first-order valence-corrected chi connectivity index (χ1v) is 8.06. The summed E-state index contributed by atoms with van der Waals surface area (Å²) >= 11 is 1.78. The van der Waals surface area contributed by atoms with Crippen LogP contribution in [0.5, 0.6) is 0 Å². The minimum atomic E-state index is 0.140. The third kappa shape index (κ3) is 2.72. The van der Waals surface area contributed by atoms with Crippen molar-refractivity contribution in [3.05, 3.63) is 70.1 Å². The molecule has 0 aliphatic carbocycles. The lowest BCUT2D eigenvalue weighted by Crippen LogP contribution is -2.29. The summed E-state index contributed by atoms with van der Waals surface area (Å²) < 4.78 is 1.31. The first kappa shape index (κ1) is 14.3. The number of nitrogens with one attached hydrogen (secondary N) is 1. The van der Waals surface area contributed by atoms with Crippen LogP contribution in [0.25, 0.3) is 10.1 Å². The van der Waals surface area contributed by atoms with Crippen LogP contribution in [-0.4, -0.2) is 0 Å². The van der Waals surface area contributed by atoms with E-state index in [1.165, 1.54) is 32.3 Å². The second-order valence-corrected chi connectivity index (χ2v) is 6.39. The Morgan fingerprint density at radius 1 is 1.05 bits per heavy atom. The van der Waals surface area contributed by atoms with Gasteiger partial charge in [0.2, 0.25) is 0 Å². The summed E-state index contributed by atoms with van der Waals surface area (Å²) in [6.07, 6.45) is 0.912. The van der Waals surface area contributed by atoms with Gasteiger partial charge in [-0.25, -0.2) is 0 Å². The van der Waals surface area contributed by atoms with Gasteiger partial charge < -0.3 is 0 Å². The minimum absolute atomic E-state index is 0.140. The molecule has 3 heteroatoms. The van der Waals surface area contributed by atoms with Gasteiger partial charge in [0.1, 0.15) is 0 Å². The summed E-state index contributed by atoms with van der Waals surface area (Å²) in [4.78, 5) is 0. The predicted molar refractivity (Wildman–Crippen MR) is 91.5 cm³/mol. The smallest absolute Gasteiger partial charge is 0.0514 e. The highest BCUT2D eigenvalue weighted by molar-refractivity contribution is 7.17. The van der Waals surface area contributed by atoms with E-state index in [1.54, 1.807) is 11.3 Å². The summed E-state index contributed by atoms with van der Waals surface area (Å²) in [6, 6.07) is 15.1. The molecule has 0 spiro atoms. The molecule has 1 unspecified atom stereocenters. The fourth-order valence-electron chi connectivity index (χ4n) is 2.90. The molecule has 0 aliphatic rings. The summed E-state index contributed by atoms with van der Waals surface area (Å²) in [6.45, 7) is 4.34. The number of fused-ring (bicyclic) bond motifs is 1. The lowest BCUT2D eigenvalue weighted by atomic mass is 9.93. The highest BCUT2D eigenvalue weighted by atomic mass is 32.1. The SMILES string of the molecule is Cc1cccc(C)c1CC(NN)c1csc2ccccc12. The molecule has 3 N–H and O–H groups in total. The number of hydrogen-bond acceptors (Lipinski definition) is 3. The van der Waals surface area contributed by atoms with Crippen molar-refractivity contribution in [1.29, 1.82) is 0 Å². The fraction of sp³-hybridized carbons (Fsp3) is 0.222. The maximum Gasteiger partial charge on any atom is 0.0514 e. The average Bonchev–Trinajstić information content (AvgIpc) is 2.91. The molecule has 21 heavy (non-hydrogen) atoms. The van der Waals surface area contributed by atoms with E-state index in [4.69, 9.17) is 5.84 Å². The Morgan fingerprint density at radius 2 is 1.76 bits per heavy atom. The molecule has 0 saturated carbocycles. The van der Waals surface area contributed by atoms with Gasteiger partial charge in [-0.1, -0.05) is 36.4 Å². The molecule has 1 aromatic heterocycles. The van der Waals surface area contributed by atoms with Gasteiger partial charge in [-0.2, -0.15) is 0 Å². The number of thiophene rings is 1. The maximum atomic E-state index is 5.86. The van der Waals surface area contributed by atoms with Crippen molar-refractivity contribution >= 4 is 21.4 Å². The standard InChI is InChI=1S/C18H20N2S/c1-12-6-5-7-13(2)15(12)10-17(20-19)16-11-21-18-9-4-3-8-14(16)18/h3-9,11,17,20H,10,19H2,1-2H3. The predicted octanol–water partition coefficient (Wildman–Crippen LogP) is 4.27. The number of nitrogens with two attached hydrogens (primary N) is 1. The van der Waals surface area contributed by atoms with Crippen LogP contribution >= 0.6 is 11.3 Å². The Morgan fingerprint density at radius 3 is 2.48 bits per heavy atom. The van der Waals surface area contributed by atoms with E-state index in [2.05, 4.69) is 67.1 Å². The Kier molecular flexibility index (Phi) is 4.06. The van der Waals surface area contributed by atoms with Crippen LogP contribution in [0.15, 0.2) is 47.8 Å². The third-order valence-electron chi connectivity index (χ3n) is 4.14. The van der Waals surface area contributed by atoms with Gasteiger partial charge in [0.15, 0.2) is 0 Å². The molecule has 2 aromatic carbocycles. The normalized spacial score (nSPS) is 12.7. The maximum absolute atomic E-state index is 5.86. The molecule has 1 atom stereocenters. The number of hydrogen-bond donors (Lipinski definition) is 2. The van der Waals surface area contributed by atoms with Gasteiger partial charge in [-0.05, 0) is 59.4 Å². The first-order valence-electron chi connectivity index (χ1n) is 7.18. The van der Waals surface area contributed by atoms with Crippen molar-refractivity contribution in [2.45, 2.75) is 26.3 Å². The van der Waals surface area contributed by atoms with Crippen LogP contribution in [0.1, 0.15) is 28.3 Å². The quantitative estimate of drug-likeness (QED) is 0.557. The van der Waals surface area contributed by atoms with Crippen molar-refractivity contribution < 1.29 is 0 Å². The summed E-state index contributed by atoms with van der Waals surface area (Å²) in [5, 5.41) is 3.53. The number of hydrazine groups is 1. The van der Waals surface area contributed by atoms with E-state index in [1.807, 2.05) is 0 Å². The zero-order valence-corrected chi connectivity index (χ0v) is 13.2. The molecule has 0 bridgehead atoms. The summed E-state index contributed by atoms with van der Waals surface area (Å²) in [5.41, 5.74) is 8.34. The van der Waals surface area contributed by atoms with E-state index in [0.717, 1.165) is 6.42 Å². The van der Waals surface area contributed by atoms with E-state index in [-0.39, 0.29) is 6.04 Å². The van der Waals surface area contributed by atoms with Crippen LogP contribution in [0.4, 0.5) is 0 Å². The molecular formula is C18H20N2S. The molecule has 108 valence electrons. The first-order chi connectivity index (χ1) is 10.2. The van der Waals surface area contributed by atoms with Gasteiger partial charge >= 0.3 is 0 Å². The average molecular weight is 296 g/mol. The Labute approximate surface area is 129 Å². The number of rotatable bonds is 4. The van der Waals surface area contributed by atoms with Crippen LogP contribution in [0.3, 0.4) is 0 Å². The van der Waals surface area contributed by atoms with Crippen LogP contribution in [0.2, 0.25) is 0 Å². The molecule has 0 amide bonds. The zero-order valence-electron chi connectivity index (χ0n) is 12.4. The van der Waals surface area contributed by atoms with E-state index < -0.39 is 0 Å². The number of aryl methyl sites for hydroxylation is 2. The molecule has 1 heterocycles. The molecule has 0 aliphatic heterocycles. The van der Waals surface area contributed by atoms with Gasteiger partial charge in [-0.15, -0.1) is 11.3 Å². The van der Waals surface area contributed by atoms with Gasteiger partial charge in [-0.3, -0.25) is 11.3 Å². The van der Waals surface area contributed by atoms with Crippen LogP contribution in [-0.2, 0) is 6.42 Å². The molecular weight excluding hydrogens is 276 g/mol. The largest absolute Gasteiger partial charge is 0.271 e. The van der Waals surface area contributed by atoms with Crippen molar-refractivity contribution in [2.24, 2.45) is 5.84 Å². The summed E-state index contributed by atoms with van der Waals surface area (Å²) in [5.74, 6) is 5.86. The zero-order chi connectivity index (χ0) is 14.8. The fourth-order valence-corrected chi connectivity index (χ4v) is 3.92. The molecule has 0 radical (unpaired) electrons. The van der Waals surface area contributed by atoms with Crippen molar-refractivity contribution in [2.75, 3.05) is 0 Å². The minimum Gasteiger partial charge on any atom is -0.271 e. The van der Waals surface area contributed by atoms with Crippen molar-refractivity contribution in [3.8, 4) is 0 Å². The second-order valence-electron chi connectivity index (χ2n) is 5.48. The summed E-state index contributed by atoms with van der Waals surface area (Å²) in [7, 11) is 0. The Bertz CT molecular complexity index is 741. The molecule has 0 saturated heterocycles. The lowest BCUT2D eigenvalue weighted by Gasteiger charge is -2.18. The van der Waals surface area contributed by atoms with E-state index in [9.17, 15) is 0 Å². The topological polar surface area (TPSA) is 38.0 Å². The van der Waals surface area contributed by atoms with E-state index in [0.29, 0.717) is 0 Å². The van der Waals surface area contributed by atoms with E-state index >= 15 is 0 Å². The monoisotopic (exact) mass is 296 g/mol. The van der Waals surface area contributed by atoms with Crippen LogP contribution in [0, 0.1) is 13.8 Å². The molecule has 0 fully saturated rings. The molecule has 3 rings (SSSR count). The Hall–Kier alpha value is -1.68. The van der Waals surface area contributed by atoms with Crippen molar-refractivity contribution in [3.63, 3.8) is 0 Å². The van der Waals surface area contributed by atoms with Gasteiger partial charge in [0.05, 0.1) is 6.04 Å². The highest BCUT2D eigenvalue weighted by Gasteiger charge is 2.17. The van der Waals surface area contributed by atoms with Gasteiger partial charge in [0.25, 0.3) is 0 Å². The third-order valence-corrected chi connectivity index (χ3v) is 5.12.